The number of hydrogen-bond acceptors (Lipinski definition) is 7. The molecule has 0 fully saturated rings. The van der Waals surface area contributed by atoms with Gasteiger partial charge < -0.3 is 5.73 Å². The average Bonchev–Trinajstić information content (AvgIpc) is 3.04. The van der Waals surface area contributed by atoms with E-state index >= 15 is 0 Å². The highest BCUT2D eigenvalue weighted by Gasteiger charge is 2.43. The quantitative estimate of drug-likeness (QED) is 0.140. The number of aryl methyl sites for hydroxylation is 1. The average molecular weight is 638 g/mol. The van der Waals surface area contributed by atoms with Crippen LogP contribution in [-0.2, 0) is 19.7 Å². The molecule has 0 bridgehead atoms. The van der Waals surface area contributed by atoms with Crippen LogP contribution in [0.2, 0.25) is 0 Å². The number of ketones is 2. The van der Waals surface area contributed by atoms with Crippen molar-refractivity contribution in [1.29, 1.82) is 0 Å². The Labute approximate surface area is 263 Å². The van der Waals surface area contributed by atoms with Gasteiger partial charge in [0.1, 0.15) is 4.75 Å². The third kappa shape index (κ3) is 5.96. The lowest BCUT2D eigenvalue weighted by Gasteiger charge is -2.24. The summed E-state index contributed by atoms with van der Waals surface area (Å²) in [4.78, 5) is 26.3. The molecule has 5 aromatic carbocycles. The minimum atomic E-state index is -4.11. The Balaban J connectivity index is 1.45. The van der Waals surface area contributed by atoms with E-state index in [4.69, 9.17) is 5.73 Å². The molecule has 228 valence electrons. The summed E-state index contributed by atoms with van der Waals surface area (Å²) in [7, 11) is -8.16. The van der Waals surface area contributed by atoms with Crippen LogP contribution in [0.25, 0.3) is 11.1 Å². The second-order valence-electron chi connectivity index (χ2n) is 11.2. The zero-order chi connectivity index (χ0) is 32.6. The van der Waals surface area contributed by atoms with E-state index in [0.717, 1.165) is 5.56 Å². The summed E-state index contributed by atoms with van der Waals surface area (Å²) < 4.78 is 52.7. The first kappa shape index (κ1) is 31.6. The number of anilines is 1. The molecule has 0 atom stereocenters. The molecule has 0 saturated carbocycles. The summed E-state index contributed by atoms with van der Waals surface area (Å²) in [6.45, 7) is 4.52. The van der Waals surface area contributed by atoms with Crippen molar-refractivity contribution in [3.05, 3.63) is 144 Å². The Kier molecular flexibility index (Phi) is 8.35. The molecule has 2 N–H and O–H groups in total. The van der Waals surface area contributed by atoms with Crippen molar-refractivity contribution in [3.63, 3.8) is 0 Å². The van der Waals surface area contributed by atoms with Crippen LogP contribution in [0.1, 0.15) is 45.7 Å². The highest BCUT2D eigenvalue weighted by Crippen LogP contribution is 2.35. The van der Waals surface area contributed by atoms with E-state index in [-0.39, 0.29) is 26.0 Å². The number of nitrogens with two attached hydrogens (primary N) is 1. The van der Waals surface area contributed by atoms with Gasteiger partial charge in [0.25, 0.3) is 0 Å². The number of benzene rings is 5. The van der Waals surface area contributed by atoms with Crippen LogP contribution in [0.15, 0.2) is 136 Å². The highest BCUT2D eigenvalue weighted by atomic mass is 32.2. The van der Waals surface area contributed by atoms with Gasteiger partial charge in [-0.1, -0.05) is 84.4 Å². The predicted molar refractivity (Wildman–Crippen MR) is 175 cm³/mol. The molecule has 5 rings (SSSR count). The molecule has 0 aromatic heterocycles. The normalized spacial score (nSPS) is 12.1. The standard InChI is InChI=1S/C36H31NO6S2/c1-24-9-18-31(19-10-24)45(42,43)36(2,3)35(39)28-15-20-30(21-16-28)44(40,41)33-22-17-29(37)23-32(33)25-11-13-27(14-12-25)34(38)26-7-5-4-6-8-26/h4-23H,37H2,1-3H3. The number of nitrogen functional groups attached to an aromatic ring is 1. The molecule has 45 heavy (non-hydrogen) atoms. The molecule has 0 aliphatic heterocycles. The molecule has 0 amide bonds. The van der Waals surface area contributed by atoms with Gasteiger partial charge in [0.05, 0.1) is 14.7 Å². The van der Waals surface area contributed by atoms with Crippen molar-refractivity contribution in [2.75, 3.05) is 5.73 Å². The SMILES string of the molecule is Cc1ccc(S(=O)(=O)C(C)(C)C(=O)c2ccc(S(=O)(=O)c3ccc(N)cc3-c3ccc(C(=O)c4ccccc4)cc3)cc2)cc1. The first-order valence-corrected chi connectivity index (χ1v) is 17.0. The molecule has 0 unspecified atom stereocenters. The first-order valence-electron chi connectivity index (χ1n) is 14.0. The molecule has 5 aromatic rings. The molecule has 0 heterocycles. The topological polar surface area (TPSA) is 128 Å². The number of carbonyl (C=O) groups is 2. The number of sulfone groups is 2. The van der Waals surface area contributed by atoms with E-state index in [9.17, 15) is 26.4 Å². The Hall–Kier alpha value is -4.86. The zero-order valence-electron chi connectivity index (χ0n) is 24.9. The second kappa shape index (κ2) is 11.9. The van der Waals surface area contributed by atoms with E-state index in [1.54, 1.807) is 66.7 Å². The van der Waals surface area contributed by atoms with Gasteiger partial charge in [0, 0.05) is 27.9 Å². The van der Waals surface area contributed by atoms with Crippen molar-refractivity contribution in [1.82, 2.24) is 0 Å². The van der Waals surface area contributed by atoms with Gasteiger partial charge in [-0.25, -0.2) is 16.8 Å². The van der Waals surface area contributed by atoms with E-state index < -0.39 is 30.2 Å². The fourth-order valence-electron chi connectivity index (χ4n) is 4.96. The highest BCUT2D eigenvalue weighted by molar-refractivity contribution is 7.93. The van der Waals surface area contributed by atoms with E-state index in [0.29, 0.717) is 27.9 Å². The van der Waals surface area contributed by atoms with Crippen LogP contribution in [0.5, 0.6) is 0 Å². The van der Waals surface area contributed by atoms with Crippen molar-refractivity contribution < 1.29 is 26.4 Å². The molecule has 0 radical (unpaired) electrons. The maximum atomic E-state index is 13.9. The van der Waals surface area contributed by atoms with Gasteiger partial charge in [-0.05, 0) is 68.8 Å². The van der Waals surface area contributed by atoms with Gasteiger partial charge in [0.2, 0.25) is 9.84 Å². The minimum absolute atomic E-state index is 0.0137. The Morgan fingerprint density at radius 2 is 1.16 bits per heavy atom. The van der Waals surface area contributed by atoms with E-state index in [1.807, 2.05) is 13.0 Å². The van der Waals surface area contributed by atoms with Crippen molar-refractivity contribution >= 4 is 36.9 Å². The molecule has 0 saturated heterocycles. The largest absolute Gasteiger partial charge is 0.399 e. The number of hydrogen-bond donors (Lipinski definition) is 1. The molecule has 9 heteroatoms. The fraction of sp³-hybridized carbons (Fsp3) is 0.111. The Morgan fingerprint density at radius 3 is 1.76 bits per heavy atom. The van der Waals surface area contributed by atoms with Crippen molar-refractivity contribution in [2.24, 2.45) is 0 Å². The smallest absolute Gasteiger partial charge is 0.207 e. The van der Waals surface area contributed by atoms with Crippen molar-refractivity contribution in [3.8, 4) is 11.1 Å². The van der Waals surface area contributed by atoms with Crippen LogP contribution in [0.4, 0.5) is 5.69 Å². The number of carbonyl (C=O) groups excluding carboxylic acids is 2. The molecular formula is C36H31NO6S2. The maximum absolute atomic E-state index is 13.9. The van der Waals surface area contributed by atoms with Crippen LogP contribution >= 0.6 is 0 Å². The summed E-state index contributed by atoms with van der Waals surface area (Å²) in [5.41, 5.74) is 9.22. The van der Waals surface area contributed by atoms with E-state index in [1.165, 1.54) is 62.4 Å². The Morgan fingerprint density at radius 1 is 0.622 bits per heavy atom. The van der Waals surface area contributed by atoms with Crippen LogP contribution in [0, 0.1) is 6.92 Å². The summed E-state index contributed by atoms with van der Waals surface area (Å²) >= 11 is 0. The summed E-state index contributed by atoms with van der Waals surface area (Å²) in [6, 6.07) is 31.4. The molecule has 7 nitrogen and oxygen atoms in total. The van der Waals surface area contributed by atoms with Gasteiger partial charge in [-0.2, -0.15) is 0 Å². The fourth-order valence-corrected chi connectivity index (χ4v) is 7.87. The monoisotopic (exact) mass is 637 g/mol. The second-order valence-corrected chi connectivity index (χ2v) is 15.6. The summed E-state index contributed by atoms with van der Waals surface area (Å²) in [5.74, 6) is -0.822. The third-order valence-electron chi connectivity index (χ3n) is 7.76. The van der Waals surface area contributed by atoms with Crippen molar-refractivity contribution in [2.45, 2.75) is 40.2 Å². The Bertz CT molecular complexity index is 2120. The van der Waals surface area contributed by atoms with Crippen LogP contribution < -0.4 is 5.73 Å². The lowest BCUT2D eigenvalue weighted by atomic mass is 9.99. The zero-order valence-corrected chi connectivity index (χ0v) is 26.5. The third-order valence-corrected chi connectivity index (χ3v) is 12.0. The minimum Gasteiger partial charge on any atom is -0.399 e. The van der Waals surface area contributed by atoms with Gasteiger partial charge in [0.15, 0.2) is 21.4 Å². The molecular weight excluding hydrogens is 607 g/mol. The molecule has 0 aliphatic carbocycles. The maximum Gasteiger partial charge on any atom is 0.207 e. The lowest BCUT2D eigenvalue weighted by Crippen LogP contribution is -2.40. The molecule has 0 aliphatic rings. The lowest BCUT2D eigenvalue weighted by molar-refractivity contribution is 0.0953. The first-order chi connectivity index (χ1) is 21.2. The van der Waals surface area contributed by atoms with Gasteiger partial charge in [-0.3, -0.25) is 9.59 Å². The van der Waals surface area contributed by atoms with E-state index in [2.05, 4.69) is 0 Å². The predicted octanol–water partition coefficient (Wildman–Crippen LogP) is 6.74. The van der Waals surface area contributed by atoms with Crippen LogP contribution in [-0.4, -0.2) is 33.1 Å². The van der Waals surface area contributed by atoms with Gasteiger partial charge in [-0.15, -0.1) is 0 Å². The van der Waals surface area contributed by atoms with Crippen LogP contribution in [0.3, 0.4) is 0 Å². The van der Waals surface area contributed by atoms with Gasteiger partial charge >= 0.3 is 0 Å². The molecule has 0 spiro atoms. The summed E-state index contributed by atoms with van der Waals surface area (Å²) in [5, 5.41) is 0. The number of rotatable bonds is 9. The number of Topliss-reactive ketones (excluding diaryl/α,β-unsaturated/α-hetero) is 1. The summed E-state index contributed by atoms with van der Waals surface area (Å²) in [6.07, 6.45) is 0.